The zero-order valence-corrected chi connectivity index (χ0v) is 16.2. The van der Waals surface area contributed by atoms with Crippen molar-refractivity contribution in [1.82, 2.24) is 0 Å². The van der Waals surface area contributed by atoms with E-state index in [9.17, 15) is 4.79 Å². The molecule has 1 aliphatic heterocycles. The highest BCUT2D eigenvalue weighted by molar-refractivity contribution is 6.32. The summed E-state index contributed by atoms with van der Waals surface area (Å²) >= 11 is 12.4. The topological polar surface area (TPSA) is 50.8 Å². The van der Waals surface area contributed by atoms with Crippen LogP contribution in [0.25, 0.3) is 0 Å². The van der Waals surface area contributed by atoms with E-state index in [-0.39, 0.29) is 12.3 Å². The van der Waals surface area contributed by atoms with Crippen LogP contribution in [0.1, 0.15) is 12.0 Å². The minimum absolute atomic E-state index is 0.162. The summed E-state index contributed by atoms with van der Waals surface area (Å²) in [6.07, 6.45) is 0.957. The van der Waals surface area contributed by atoms with Crippen LogP contribution >= 0.6 is 23.2 Å². The van der Waals surface area contributed by atoms with Crippen LogP contribution in [0.3, 0.4) is 0 Å². The Labute approximate surface area is 162 Å². The zero-order valence-electron chi connectivity index (χ0n) is 14.6. The van der Waals surface area contributed by atoms with E-state index < -0.39 is 0 Å². The van der Waals surface area contributed by atoms with Gasteiger partial charge in [-0.3, -0.25) is 4.79 Å². The van der Waals surface area contributed by atoms with Crippen LogP contribution in [-0.4, -0.2) is 33.2 Å². The molecule has 0 radical (unpaired) electrons. The Kier molecular flexibility index (Phi) is 5.79. The molecular weight excluding hydrogens is 375 g/mol. The van der Waals surface area contributed by atoms with Gasteiger partial charge in [0.1, 0.15) is 0 Å². The van der Waals surface area contributed by atoms with Gasteiger partial charge in [-0.1, -0.05) is 23.2 Å². The maximum absolute atomic E-state index is 12.5. The molecular formula is C19H20Cl2N2O3. The van der Waals surface area contributed by atoms with Gasteiger partial charge in [-0.15, -0.1) is 0 Å². The van der Waals surface area contributed by atoms with Gasteiger partial charge in [0.05, 0.1) is 36.0 Å². The number of hydrogen-bond donors (Lipinski definition) is 1. The van der Waals surface area contributed by atoms with Gasteiger partial charge >= 0.3 is 0 Å². The summed E-state index contributed by atoms with van der Waals surface area (Å²) in [5, 5.41) is 3.92. The summed E-state index contributed by atoms with van der Waals surface area (Å²) in [6.45, 7) is 1.13. The molecule has 5 nitrogen and oxygen atoms in total. The Morgan fingerprint density at radius 1 is 1.15 bits per heavy atom. The maximum atomic E-state index is 12.5. The van der Waals surface area contributed by atoms with E-state index in [0.29, 0.717) is 40.4 Å². The maximum Gasteiger partial charge on any atom is 0.228 e. The Morgan fingerprint density at radius 2 is 1.92 bits per heavy atom. The summed E-state index contributed by atoms with van der Waals surface area (Å²) in [7, 11) is 3.81. The number of amides is 1. The van der Waals surface area contributed by atoms with Crippen molar-refractivity contribution in [3.05, 3.63) is 45.9 Å². The molecule has 0 saturated carbocycles. The Morgan fingerprint density at radius 3 is 2.69 bits per heavy atom. The summed E-state index contributed by atoms with van der Waals surface area (Å²) in [6, 6.07) is 8.92. The Balaban J connectivity index is 1.78. The molecule has 1 N–H and O–H groups in total. The van der Waals surface area contributed by atoms with Gasteiger partial charge in [0.2, 0.25) is 5.91 Å². The van der Waals surface area contributed by atoms with Crippen molar-refractivity contribution in [2.45, 2.75) is 12.8 Å². The largest absolute Gasteiger partial charge is 0.489 e. The molecule has 1 amide bonds. The van der Waals surface area contributed by atoms with E-state index in [2.05, 4.69) is 5.32 Å². The van der Waals surface area contributed by atoms with E-state index >= 15 is 0 Å². The molecule has 0 saturated heterocycles. The molecule has 0 spiro atoms. The fourth-order valence-corrected chi connectivity index (χ4v) is 3.22. The molecule has 0 aliphatic carbocycles. The second-order valence-electron chi connectivity index (χ2n) is 6.24. The third-order valence-corrected chi connectivity index (χ3v) is 4.46. The number of ether oxygens (including phenoxy) is 2. The van der Waals surface area contributed by atoms with Crippen molar-refractivity contribution < 1.29 is 14.3 Å². The van der Waals surface area contributed by atoms with E-state index in [1.54, 1.807) is 24.3 Å². The number of carbonyl (C=O) groups excluding carboxylic acids is 1. The number of hydrogen-bond acceptors (Lipinski definition) is 4. The van der Waals surface area contributed by atoms with Crippen LogP contribution in [0.15, 0.2) is 30.3 Å². The number of halogens is 2. The van der Waals surface area contributed by atoms with Crippen molar-refractivity contribution >= 4 is 40.5 Å². The lowest BCUT2D eigenvalue weighted by atomic mass is 10.1. The molecule has 1 aliphatic rings. The monoisotopic (exact) mass is 394 g/mol. The van der Waals surface area contributed by atoms with Crippen LogP contribution in [0.5, 0.6) is 11.5 Å². The van der Waals surface area contributed by atoms with Crippen LogP contribution in [0, 0.1) is 0 Å². The molecule has 0 bridgehead atoms. The van der Waals surface area contributed by atoms with Gasteiger partial charge in [-0.05, 0) is 35.9 Å². The molecule has 3 rings (SSSR count). The number of anilines is 2. The van der Waals surface area contributed by atoms with Crippen molar-refractivity contribution in [1.29, 1.82) is 0 Å². The van der Waals surface area contributed by atoms with Gasteiger partial charge in [0.25, 0.3) is 0 Å². The lowest BCUT2D eigenvalue weighted by Crippen LogP contribution is -2.18. The van der Waals surface area contributed by atoms with Gasteiger partial charge in [0.15, 0.2) is 11.5 Å². The molecule has 1 heterocycles. The predicted octanol–water partition coefficient (Wildman–Crippen LogP) is 4.40. The lowest BCUT2D eigenvalue weighted by molar-refractivity contribution is -0.115. The average molecular weight is 395 g/mol. The molecule has 26 heavy (non-hydrogen) atoms. The van der Waals surface area contributed by atoms with Crippen LogP contribution in [0.4, 0.5) is 11.4 Å². The minimum Gasteiger partial charge on any atom is -0.489 e. The lowest BCUT2D eigenvalue weighted by Gasteiger charge is -2.18. The molecule has 2 aromatic rings. The van der Waals surface area contributed by atoms with Crippen LogP contribution < -0.4 is 19.7 Å². The SMILES string of the molecule is CN(C)c1ccc(Cl)cc1NC(=O)Cc1cc(Cl)c2c(c1)OCCCO2. The molecule has 138 valence electrons. The summed E-state index contributed by atoms with van der Waals surface area (Å²) < 4.78 is 11.3. The van der Waals surface area contributed by atoms with Gasteiger partial charge in [-0.25, -0.2) is 0 Å². The Bertz CT molecular complexity index is 825. The minimum atomic E-state index is -0.166. The second-order valence-corrected chi connectivity index (χ2v) is 7.08. The fraction of sp³-hybridized carbons (Fsp3) is 0.316. The highest BCUT2D eigenvalue weighted by atomic mass is 35.5. The van der Waals surface area contributed by atoms with E-state index in [1.807, 2.05) is 25.1 Å². The smallest absolute Gasteiger partial charge is 0.228 e. The normalized spacial score (nSPS) is 13.1. The molecule has 0 fully saturated rings. The first-order valence-corrected chi connectivity index (χ1v) is 9.04. The van der Waals surface area contributed by atoms with E-state index in [1.165, 1.54) is 0 Å². The second kappa shape index (κ2) is 8.06. The molecule has 0 aromatic heterocycles. The molecule has 2 aromatic carbocycles. The first-order valence-electron chi connectivity index (χ1n) is 8.29. The molecule has 7 heteroatoms. The van der Waals surface area contributed by atoms with Gasteiger partial charge in [0, 0.05) is 25.5 Å². The summed E-state index contributed by atoms with van der Waals surface area (Å²) in [5.41, 5.74) is 2.29. The van der Waals surface area contributed by atoms with Gasteiger partial charge < -0.3 is 19.7 Å². The van der Waals surface area contributed by atoms with Crippen molar-refractivity contribution in [2.24, 2.45) is 0 Å². The van der Waals surface area contributed by atoms with E-state index in [0.717, 1.165) is 17.7 Å². The quantitative estimate of drug-likeness (QED) is 0.834. The number of benzene rings is 2. The summed E-state index contributed by atoms with van der Waals surface area (Å²) in [4.78, 5) is 14.4. The third kappa shape index (κ3) is 4.34. The molecule has 0 atom stereocenters. The Hall–Kier alpha value is -2.11. The first kappa shape index (κ1) is 18.7. The van der Waals surface area contributed by atoms with Crippen molar-refractivity contribution in [3.63, 3.8) is 0 Å². The van der Waals surface area contributed by atoms with Crippen molar-refractivity contribution in [3.8, 4) is 11.5 Å². The van der Waals surface area contributed by atoms with E-state index in [4.69, 9.17) is 32.7 Å². The number of nitrogens with one attached hydrogen (secondary N) is 1. The first-order chi connectivity index (χ1) is 12.4. The zero-order chi connectivity index (χ0) is 18.7. The number of fused-ring (bicyclic) bond motifs is 1. The average Bonchev–Trinajstić information content (AvgIpc) is 2.80. The molecule has 0 unspecified atom stereocenters. The number of carbonyl (C=O) groups is 1. The van der Waals surface area contributed by atoms with Gasteiger partial charge in [-0.2, -0.15) is 0 Å². The third-order valence-electron chi connectivity index (χ3n) is 3.94. The predicted molar refractivity (Wildman–Crippen MR) is 105 cm³/mol. The van der Waals surface area contributed by atoms with Crippen molar-refractivity contribution in [2.75, 3.05) is 37.5 Å². The van der Waals surface area contributed by atoms with Crippen LogP contribution in [0.2, 0.25) is 10.0 Å². The highest BCUT2D eigenvalue weighted by Crippen LogP contribution is 2.38. The van der Waals surface area contributed by atoms with Crippen LogP contribution in [-0.2, 0) is 11.2 Å². The fourth-order valence-electron chi connectivity index (χ4n) is 2.76. The number of nitrogens with zero attached hydrogens (tertiary/aromatic N) is 1. The summed E-state index contributed by atoms with van der Waals surface area (Å²) in [5.74, 6) is 0.952. The standard InChI is InChI=1S/C19H20Cl2N2O3/c1-23(2)16-5-4-13(20)11-15(16)22-18(24)10-12-8-14(21)19-17(9-12)25-6-3-7-26-19/h4-5,8-9,11H,3,6-7,10H2,1-2H3,(H,22,24). The highest BCUT2D eigenvalue weighted by Gasteiger charge is 2.17. The number of rotatable bonds is 4.